The van der Waals surface area contributed by atoms with Gasteiger partial charge in [0.1, 0.15) is 0 Å². The van der Waals surface area contributed by atoms with Crippen LogP contribution < -0.4 is 16.0 Å². The average molecular weight is 365 g/mol. The molecule has 1 aliphatic heterocycles. The first kappa shape index (κ1) is 18.5. The van der Waals surface area contributed by atoms with Crippen molar-refractivity contribution in [2.45, 2.75) is 19.0 Å². The summed E-state index contributed by atoms with van der Waals surface area (Å²) >= 11 is 5.54. The Morgan fingerprint density at radius 2 is 2.08 bits per heavy atom. The predicted octanol–water partition coefficient (Wildman–Crippen LogP) is 1.08. The number of rotatable bonds is 4. The lowest BCUT2D eigenvalue weighted by Gasteiger charge is -2.27. The van der Waals surface area contributed by atoms with Crippen LogP contribution in [0.5, 0.6) is 0 Å². The van der Waals surface area contributed by atoms with Gasteiger partial charge in [0.2, 0.25) is 5.91 Å². The molecule has 4 N–H and O–H groups in total. The molecule has 9 heteroatoms. The number of piperidine rings is 1. The standard InChI is InChI=1S/C15H17ClF3N3O2/c16-12-4-3-10(6-11(12)15(17,18)19)21-13(23)8-22-5-1-2-9(7-22)14(20)24/h3-4,6,9H,1-2,5,7-8H2,(H2,20,24)(H,21,23)/p+1/t9-/m1/s1. The third-order valence-electron chi connectivity index (χ3n) is 3.99. The molecule has 1 aromatic carbocycles. The number of nitrogens with two attached hydrogens (primary N) is 1. The van der Waals surface area contributed by atoms with Crippen molar-refractivity contribution in [3.05, 3.63) is 28.8 Å². The van der Waals surface area contributed by atoms with Crippen LogP contribution in [0.4, 0.5) is 18.9 Å². The second kappa shape index (κ2) is 7.40. The number of nitrogens with one attached hydrogen (secondary N) is 2. The maximum Gasteiger partial charge on any atom is 0.417 e. The highest BCUT2D eigenvalue weighted by Crippen LogP contribution is 2.36. The van der Waals surface area contributed by atoms with E-state index in [4.69, 9.17) is 17.3 Å². The molecule has 2 atom stereocenters. The van der Waals surface area contributed by atoms with Crippen molar-refractivity contribution in [3.8, 4) is 0 Å². The lowest BCUT2D eigenvalue weighted by Crippen LogP contribution is -3.14. The summed E-state index contributed by atoms with van der Waals surface area (Å²) in [6.45, 7) is 1.23. The molecule has 5 nitrogen and oxygen atoms in total. The zero-order valence-corrected chi connectivity index (χ0v) is 13.5. The quantitative estimate of drug-likeness (QED) is 0.747. The van der Waals surface area contributed by atoms with Crippen LogP contribution in [0.2, 0.25) is 5.02 Å². The van der Waals surface area contributed by atoms with E-state index < -0.39 is 22.7 Å². The van der Waals surface area contributed by atoms with Crippen LogP contribution in [0.15, 0.2) is 18.2 Å². The van der Waals surface area contributed by atoms with Crippen LogP contribution >= 0.6 is 11.6 Å². The van der Waals surface area contributed by atoms with E-state index >= 15 is 0 Å². The Morgan fingerprint density at radius 1 is 1.38 bits per heavy atom. The van der Waals surface area contributed by atoms with Crippen molar-refractivity contribution in [1.82, 2.24) is 0 Å². The molecule has 0 aliphatic carbocycles. The number of primary amides is 1. The van der Waals surface area contributed by atoms with Gasteiger partial charge >= 0.3 is 6.18 Å². The zero-order chi connectivity index (χ0) is 17.9. The Hall–Kier alpha value is -1.80. The maximum absolute atomic E-state index is 12.8. The van der Waals surface area contributed by atoms with Gasteiger partial charge in [-0.2, -0.15) is 13.2 Å². The Labute approximate surface area is 141 Å². The molecular formula is C15H18ClF3N3O2+. The fourth-order valence-electron chi connectivity index (χ4n) is 2.81. The molecule has 0 bridgehead atoms. The van der Waals surface area contributed by atoms with Crippen molar-refractivity contribution < 1.29 is 27.7 Å². The molecule has 0 radical (unpaired) electrons. The summed E-state index contributed by atoms with van der Waals surface area (Å²) < 4.78 is 38.4. The Kier molecular flexibility index (Phi) is 5.71. The van der Waals surface area contributed by atoms with Crippen molar-refractivity contribution in [3.63, 3.8) is 0 Å². The van der Waals surface area contributed by atoms with E-state index in [1.54, 1.807) is 0 Å². The van der Waals surface area contributed by atoms with Gasteiger partial charge in [-0.3, -0.25) is 9.59 Å². The fourth-order valence-corrected chi connectivity index (χ4v) is 3.03. The van der Waals surface area contributed by atoms with Crippen molar-refractivity contribution in [1.29, 1.82) is 0 Å². The highest BCUT2D eigenvalue weighted by atomic mass is 35.5. The first-order valence-corrected chi connectivity index (χ1v) is 7.84. The molecule has 0 spiro atoms. The van der Waals surface area contributed by atoms with E-state index in [-0.39, 0.29) is 24.1 Å². The van der Waals surface area contributed by atoms with Gasteiger partial charge in [0.25, 0.3) is 5.91 Å². The van der Waals surface area contributed by atoms with Gasteiger partial charge in [-0.15, -0.1) is 0 Å². The van der Waals surface area contributed by atoms with E-state index in [0.717, 1.165) is 23.5 Å². The normalized spacial score (nSPS) is 21.3. The number of quaternary nitrogens is 1. The lowest BCUT2D eigenvalue weighted by molar-refractivity contribution is -0.899. The van der Waals surface area contributed by atoms with Crippen LogP contribution in [-0.2, 0) is 15.8 Å². The molecule has 1 aliphatic rings. The third kappa shape index (κ3) is 4.85. The largest absolute Gasteiger partial charge is 0.417 e. The lowest BCUT2D eigenvalue weighted by atomic mass is 9.97. The summed E-state index contributed by atoms with van der Waals surface area (Å²) in [5.74, 6) is -1.08. The minimum absolute atomic E-state index is 0.0274. The van der Waals surface area contributed by atoms with Gasteiger partial charge < -0.3 is 16.0 Å². The summed E-state index contributed by atoms with van der Waals surface area (Å²) in [4.78, 5) is 24.2. The molecule has 2 rings (SSSR count). The number of hydrogen-bond donors (Lipinski definition) is 3. The fraction of sp³-hybridized carbons (Fsp3) is 0.467. The van der Waals surface area contributed by atoms with Gasteiger partial charge in [0.15, 0.2) is 6.54 Å². The average Bonchev–Trinajstić information content (AvgIpc) is 2.48. The van der Waals surface area contributed by atoms with E-state index in [0.29, 0.717) is 19.5 Å². The highest BCUT2D eigenvalue weighted by molar-refractivity contribution is 6.31. The van der Waals surface area contributed by atoms with Gasteiger partial charge in [0, 0.05) is 5.69 Å². The second-order valence-electron chi connectivity index (χ2n) is 5.86. The third-order valence-corrected chi connectivity index (χ3v) is 4.32. The van der Waals surface area contributed by atoms with Gasteiger partial charge in [0.05, 0.1) is 29.6 Å². The zero-order valence-electron chi connectivity index (χ0n) is 12.8. The van der Waals surface area contributed by atoms with E-state index in [1.807, 2.05) is 0 Å². The second-order valence-corrected chi connectivity index (χ2v) is 6.27. The van der Waals surface area contributed by atoms with Gasteiger partial charge in [-0.25, -0.2) is 0 Å². The number of benzene rings is 1. The number of alkyl halides is 3. The molecule has 24 heavy (non-hydrogen) atoms. The van der Waals surface area contributed by atoms with Crippen LogP contribution in [0.3, 0.4) is 0 Å². The number of halogens is 4. The number of hydrogen-bond acceptors (Lipinski definition) is 2. The molecule has 1 unspecified atom stereocenters. The molecule has 0 aromatic heterocycles. The van der Waals surface area contributed by atoms with Crippen LogP contribution in [-0.4, -0.2) is 31.4 Å². The number of carbonyl (C=O) groups is 2. The van der Waals surface area contributed by atoms with Crippen molar-refractivity contribution >= 4 is 29.1 Å². The molecular weight excluding hydrogens is 347 g/mol. The van der Waals surface area contributed by atoms with E-state index in [1.165, 1.54) is 6.07 Å². The summed E-state index contributed by atoms with van der Waals surface area (Å²) in [6.07, 6.45) is -3.12. The van der Waals surface area contributed by atoms with Crippen molar-refractivity contribution in [2.24, 2.45) is 11.7 Å². The number of amides is 2. The minimum Gasteiger partial charge on any atom is -0.369 e. The van der Waals surface area contributed by atoms with Crippen LogP contribution in [0, 0.1) is 5.92 Å². The first-order chi connectivity index (χ1) is 11.2. The topological polar surface area (TPSA) is 76.6 Å². The first-order valence-electron chi connectivity index (χ1n) is 7.46. The molecule has 132 valence electrons. The summed E-state index contributed by atoms with van der Waals surface area (Å²) in [5, 5.41) is 2.01. The van der Waals surface area contributed by atoms with Crippen LogP contribution in [0.1, 0.15) is 18.4 Å². The summed E-state index contributed by atoms with van der Waals surface area (Å²) in [6, 6.07) is 3.21. The monoisotopic (exact) mass is 364 g/mol. The van der Waals surface area contributed by atoms with E-state index in [2.05, 4.69) is 5.32 Å². The smallest absolute Gasteiger partial charge is 0.369 e. The van der Waals surface area contributed by atoms with Gasteiger partial charge in [-0.05, 0) is 31.0 Å². The molecule has 0 saturated carbocycles. The van der Waals surface area contributed by atoms with Gasteiger partial charge in [-0.1, -0.05) is 11.6 Å². The summed E-state index contributed by atoms with van der Waals surface area (Å²) in [5.41, 5.74) is 4.31. The molecule has 1 saturated heterocycles. The molecule has 1 fully saturated rings. The number of carbonyl (C=O) groups excluding carboxylic acids is 2. The SMILES string of the molecule is NC(=O)[C@@H]1CCC[NH+](CC(=O)Nc2ccc(Cl)c(C(F)(F)F)c2)C1. The molecule has 1 aromatic rings. The molecule has 2 amide bonds. The Balaban J connectivity index is 1.99. The van der Waals surface area contributed by atoms with E-state index in [9.17, 15) is 22.8 Å². The number of anilines is 1. The minimum atomic E-state index is -4.59. The highest BCUT2D eigenvalue weighted by Gasteiger charge is 2.33. The Bertz CT molecular complexity index is 637. The van der Waals surface area contributed by atoms with Crippen molar-refractivity contribution in [2.75, 3.05) is 25.0 Å². The maximum atomic E-state index is 12.8. The number of likely N-dealkylation sites (tertiary alicyclic amines) is 1. The van der Waals surface area contributed by atoms with Crippen LogP contribution in [0.25, 0.3) is 0 Å². The predicted molar refractivity (Wildman–Crippen MR) is 82.6 cm³/mol. The molecule has 1 heterocycles. The Morgan fingerprint density at radius 3 is 2.71 bits per heavy atom. The summed E-state index contributed by atoms with van der Waals surface area (Å²) in [7, 11) is 0.